The van der Waals surface area contributed by atoms with Crippen LogP contribution in [0.1, 0.15) is 23.9 Å². The van der Waals surface area contributed by atoms with Gasteiger partial charge in [0.25, 0.3) is 0 Å². The van der Waals surface area contributed by atoms with Crippen molar-refractivity contribution in [3.63, 3.8) is 0 Å². The number of rotatable bonds is 3. The van der Waals surface area contributed by atoms with Crippen LogP contribution in [0.2, 0.25) is 5.02 Å². The second-order valence-corrected chi connectivity index (χ2v) is 4.32. The summed E-state index contributed by atoms with van der Waals surface area (Å²) in [5, 5.41) is 8.99. The SMILES string of the molecule is CCc1c(CN)nnn1-c1ccc(Cl)cc1C. The van der Waals surface area contributed by atoms with Gasteiger partial charge in [-0.1, -0.05) is 23.7 Å². The topological polar surface area (TPSA) is 56.7 Å². The summed E-state index contributed by atoms with van der Waals surface area (Å²) in [5.41, 5.74) is 9.61. The third-order valence-corrected chi connectivity index (χ3v) is 2.99. The summed E-state index contributed by atoms with van der Waals surface area (Å²) >= 11 is 5.95. The summed E-state index contributed by atoms with van der Waals surface area (Å²) in [6.45, 7) is 4.49. The lowest BCUT2D eigenvalue weighted by molar-refractivity contribution is 0.763. The van der Waals surface area contributed by atoms with Crippen LogP contribution in [0.25, 0.3) is 5.69 Å². The van der Waals surface area contributed by atoms with Gasteiger partial charge in [0.1, 0.15) is 0 Å². The Labute approximate surface area is 105 Å². The van der Waals surface area contributed by atoms with E-state index in [1.807, 2.05) is 29.8 Å². The largest absolute Gasteiger partial charge is 0.325 e. The number of hydrogen-bond acceptors (Lipinski definition) is 3. The highest BCUT2D eigenvalue weighted by Crippen LogP contribution is 2.20. The molecular weight excluding hydrogens is 236 g/mol. The molecule has 0 saturated carbocycles. The number of benzene rings is 1. The number of nitrogens with two attached hydrogens (primary N) is 1. The molecule has 0 spiro atoms. The van der Waals surface area contributed by atoms with E-state index in [9.17, 15) is 0 Å². The van der Waals surface area contributed by atoms with E-state index in [-0.39, 0.29) is 0 Å². The van der Waals surface area contributed by atoms with Crippen molar-refractivity contribution >= 4 is 11.6 Å². The maximum atomic E-state index is 5.95. The zero-order chi connectivity index (χ0) is 12.4. The van der Waals surface area contributed by atoms with Crippen molar-refractivity contribution < 1.29 is 0 Å². The first-order valence-electron chi connectivity index (χ1n) is 5.57. The Morgan fingerprint density at radius 1 is 1.41 bits per heavy atom. The molecule has 2 rings (SSSR count). The molecule has 5 heteroatoms. The lowest BCUT2D eigenvalue weighted by atomic mass is 10.2. The minimum Gasteiger partial charge on any atom is -0.325 e. The average Bonchev–Trinajstić information content (AvgIpc) is 2.71. The van der Waals surface area contributed by atoms with Gasteiger partial charge in [-0.2, -0.15) is 0 Å². The molecule has 0 atom stereocenters. The number of aromatic nitrogens is 3. The Balaban J connectivity index is 2.56. The number of aryl methyl sites for hydroxylation is 1. The second-order valence-electron chi connectivity index (χ2n) is 3.88. The first kappa shape index (κ1) is 12.1. The first-order chi connectivity index (χ1) is 8.17. The fourth-order valence-electron chi connectivity index (χ4n) is 1.90. The van der Waals surface area contributed by atoms with Crippen molar-refractivity contribution in [1.29, 1.82) is 0 Å². The quantitative estimate of drug-likeness (QED) is 0.909. The lowest BCUT2D eigenvalue weighted by Gasteiger charge is -2.09. The molecule has 2 N–H and O–H groups in total. The van der Waals surface area contributed by atoms with E-state index in [4.69, 9.17) is 17.3 Å². The van der Waals surface area contributed by atoms with Gasteiger partial charge < -0.3 is 5.73 Å². The molecule has 0 fully saturated rings. The van der Waals surface area contributed by atoms with Gasteiger partial charge in [0.15, 0.2) is 0 Å². The third kappa shape index (κ3) is 2.18. The van der Waals surface area contributed by atoms with Gasteiger partial charge in [-0.05, 0) is 37.1 Å². The third-order valence-electron chi connectivity index (χ3n) is 2.76. The predicted molar refractivity (Wildman–Crippen MR) is 68.4 cm³/mol. The summed E-state index contributed by atoms with van der Waals surface area (Å²) in [5.74, 6) is 0. The van der Waals surface area contributed by atoms with Crippen molar-refractivity contribution in [3.05, 3.63) is 40.2 Å². The fraction of sp³-hybridized carbons (Fsp3) is 0.333. The van der Waals surface area contributed by atoms with Gasteiger partial charge in [-0.15, -0.1) is 5.10 Å². The molecule has 17 heavy (non-hydrogen) atoms. The molecular formula is C12H15ClN4. The summed E-state index contributed by atoms with van der Waals surface area (Å²) in [7, 11) is 0. The minimum atomic E-state index is 0.413. The first-order valence-corrected chi connectivity index (χ1v) is 5.95. The molecule has 0 saturated heterocycles. The molecule has 0 aliphatic rings. The monoisotopic (exact) mass is 250 g/mol. The summed E-state index contributed by atoms with van der Waals surface area (Å²) < 4.78 is 1.84. The minimum absolute atomic E-state index is 0.413. The molecule has 0 aliphatic carbocycles. The van der Waals surface area contributed by atoms with E-state index >= 15 is 0 Å². The van der Waals surface area contributed by atoms with Crippen LogP contribution in [0.5, 0.6) is 0 Å². The van der Waals surface area contributed by atoms with Crippen LogP contribution in [0.15, 0.2) is 18.2 Å². The van der Waals surface area contributed by atoms with Crippen LogP contribution in [-0.4, -0.2) is 15.0 Å². The van der Waals surface area contributed by atoms with Crippen molar-refractivity contribution in [2.24, 2.45) is 5.73 Å². The molecule has 0 unspecified atom stereocenters. The highest BCUT2D eigenvalue weighted by molar-refractivity contribution is 6.30. The van der Waals surface area contributed by atoms with Crippen molar-refractivity contribution in [1.82, 2.24) is 15.0 Å². The van der Waals surface area contributed by atoms with Gasteiger partial charge in [0.05, 0.1) is 17.1 Å². The van der Waals surface area contributed by atoms with Gasteiger partial charge in [0.2, 0.25) is 0 Å². The number of hydrogen-bond donors (Lipinski definition) is 1. The van der Waals surface area contributed by atoms with Crippen LogP contribution in [0.4, 0.5) is 0 Å². The average molecular weight is 251 g/mol. The molecule has 0 amide bonds. The van der Waals surface area contributed by atoms with Crippen LogP contribution in [0.3, 0.4) is 0 Å². The summed E-state index contributed by atoms with van der Waals surface area (Å²) in [4.78, 5) is 0. The van der Waals surface area contributed by atoms with Gasteiger partial charge in [0, 0.05) is 11.6 Å². The Bertz CT molecular complexity index is 533. The highest BCUT2D eigenvalue weighted by atomic mass is 35.5. The predicted octanol–water partition coefficient (Wildman–Crippen LogP) is 2.25. The molecule has 1 aromatic heterocycles. The Hall–Kier alpha value is -1.39. The summed E-state index contributed by atoms with van der Waals surface area (Å²) in [6, 6.07) is 5.72. The van der Waals surface area contributed by atoms with E-state index < -0.39 is 0 Å². The molecule has 1 aromatic carbocycles. The second kappa shape index (κ2) is 4.85. The highest BCUT2D eigenvalue weighted by Gasteiger charge is 2.12. The van der Waals surface area contributed by atoms with E-state index in [1.54, 1.807) is 0 Å². The molecule has 1 heterocycles. The smallest absolute Gasteiger partial charge is 0.0999 e. The molecule has 4 nitrogen and oxygen atoms in total. The van der Waals surface area contributed by atoms with Gasteiger partial charge in [-0.3, -0.25) is 0 Å². The lowest BCUT2D eigenvalue weighted by Crippen LogP contribution is -2.06. The Kier molecular flexibility index (Phi) is 3.45. The summed E-state index contributed by atoms with van der Waals surface area (Å²) in [6.07, 6.45) is 0.849. The van der Waals surface area contributed by atoms with Crippen molar-refractivity contribution in [2.45, 2.75) is 26.8 Å². The van der Waals surface area contributed by atoms with E-state index in [1.165, 1.54) is 0 Å². The molecule has 90 valence electrons. The zero-order valence-electron chi connectivity index (χ0n) is 9.94. The van der Waals surface area contributed by atoms with Crippen LogP contribution in [0, 0.1) is 6.92 Å². The maximum absolute atomic E-state index is 5.95. The van der Waals surface area contributed by atoms with E-state index in [2.05, 4.69) is 17.2 Å². The van der Waals surface area contributed by atoms with E-state index in [0.29, 0.717) is 6.54 Å². The molecule has 0 bridgehead atoms. The standard InChI is InChI=1S/C12H15ClN4/c1-3-11-10(7-14)15-16-17(11)12-5-4-9(13)6-8(12)2/h4-6H,3,7,14H2,1-2H3. The Morgan fingerprint density at radius 3 is 2.76 bits per heavy atom. The number of nitrogens with zero attached hydrogens (tertiary/aromatic N) is 3. The van der Waals surface area contributed by atoms with Crippen LogP contribution in [-0.2, 0) is 13.0 Å². The fourth-order valence-corrected chi connectivity index (χ4v) is 2.12. The molecule has 0 aliphatic heterocycles. The normalized spacial score (nSPS) is 10.8. The van der Waals surface area contributed by atoms with Crippen molar-refractivity contribution in [2.75, 3.05) is 0 Å². The van der Waals surface area contributed by atoms with Crippen molar-refractivity contribution in [3.8, 4) is 5.69 Å². The molecule has 2 aromatic rings. The van der Waals surface area contributed by atoms with Gasteiger partial charge in [-0.25, -0.2) is 4.68 Å². The zero-order valence-corrected chi connectivity index (χ0v) is 10.7. The van der Waals surface area contributed by atoms with Crippen LogP contribution < -0.4 is 5.73 Å². The Morgan fingerprint density at radius 2 is 2.18 bits per heavy atom. The van der Waals surface area contributed by atoms with Crippen LogP contribution >= 0.6 is 11.6 Å². The van der Waals surface area contributed by atoms with E-state index in [0.717, 1.165) is 34.1 Å². The van der Waals surface area contributed by atoms with Gasteiger partial charge >= 0.3 is 0 Å². The maximum Gasteiger partial charge on any atom is 0.0999 e. The molecule has 0 radical (unpaired) electrons. The number of halogens is 1.